The van der Waals surface area contributed by atoms with Gasteiger partial charge >= 0.3 is 5.97 Å². The van der Waals surface area contributed by atoms with E-state index in [0.717, 1.165) is 13.1 Å². The number of methoxy groups -OCH3 is 1. The standard InChI is InChI=1S/C20H26FN3O4/c1-12(2)15(24-8-4-5-9-24)11-22-19-17(20(25)26)18(28-23-19)13-6-7-14(21)16(10-13)27-3/h6-7,10,12,15H,4-5,8-9,11H2,1-3H3,(H,22,23)(H,25,26). The maximum atomic E-state index is 13.7. The van der Waals surface area contributed by atoms with Gasteiger partial charge in [-0.2, -0.15) is 0 Å². The Morgan fingerprint density at radius 3 is 2.71 bits per heavy atom. The lowest BCUT2D eigenvalue weighted by Crippen LogP contribution is -2.42. The predicted octanol–water partition coefficient (Wildman–Crippen LogP) is 3.72. The first-order valence-electron chi connectivity index (χ1n) is 9.47. The van der Waals surface area contributed by atoms with Gasteiger partial charge in [-0.15, -0.1) is 0 Å². The molecule has 2 aromatic rings. The third-order valence-corrected chi connectivity index (χ3v) is 5.18. The van der Waals surface area contributed by atoms with Crippen molar-refractivity contribution in [2.45, 2.75) is 32.7 Å². The second-order valence-corrected chi connectivity index (χ2v) is 7.33. The van der Waals surface area contributed by atoms with Gasteiger partial charge in [0, 0.05) is 18.2 Å². The molecule has 3 rings (SSSR count). The molecular weight excluding hydrogens is 365 g/mol. The number of likely N-dealkylation sites (tertiary alicyclic amines) is 1. The third kappa shape index (κ3) is 4.11. The van der Waals surface area contributed by atoms with Gasteiger partial charge in [0.2, 0.25) is 0 Å². The van der Waals surface area contributed by atoms with Crippen LogP contribution >= 0.6 is 0 Å². The van der Waals surface area contributed by atoms with E-state index in [-0.39, 0.29) is 28.9 Å². The van der Waals surface area contributed by atoms with Crippen molar-refractivity contribution in [1.29, 1.82) is 0 Å². The van der Waals surface area contributed by atoms with Crippen LogP contribution in [0, 0.1) is 11.7 Å². The number of rotatable bonds is 8. The molecule has 0 bridgehead atoms. The summed E-state index contributed by atoms with van der Waals surface area (Å²) < 4.78 is 24.0. The zero-order valence-corrected chi connectivity index (χ0v) is 16.4. The number of halogens is 1. The highest BCUT2D eigenvalue weighted by Gasteiger charge is 2.28. The largest absolute Gasteiger partial charge is 0.494 e. The molecule has 0 radical (unpaired) electrons. The van der Waals surface area contributed by atoms with Gasteiger partial charge in [-0.05, 0) is 50.0 Å². The fraction of sp³-hybridized carbons (Fsp3) is 0.500. The highest BCUT2D eigenvalue weighted by molar-refractivity contribution is 5.99. The highest BCUT2D eigenvalue weighted by atomic mass is 19.1. The number of carboxylic acids is 1. The molecule has 1 unspecified atom stereocenters. The molecule has 0 aliphatic carbocycles. The van der Waals surface area contributed by atoms with Crippen molar-refractivity contribution in [3.05, 3.63) is 29.6 Å². The van der Waals surface area contributed by atoms with Crippen LogP contribution in [0.15, 0.2) is 22.7 Å². The van der Waals surface area contributed by atoms with E-state index in [2.05, 4.69) is 29.2 Å². The number of hydrogen-bond acceptors (Lipinski definition) is 6. The lowest BCUT2D eigenvalue weighted by atomic mass is 10.0. The van der Waals surface area contributed by atoms with Gasteiger partial charge in [-0.3, -0.25) is 4.90 Å². The third-order valence-electron chi connectivity index (χ3n) is 5.18. The molecule has 7 nitrogen and oxygen atoms in total. The first-order chi connectivity index (χ1) is 13.4. The summed E-state index contributed by atoms with van der Waals surface area (Å²) >= 11 is 0. The SMILES string of the molecule is COc1cc(-c2onc(NCC(C(C)C)N3CCCC3)c2C(=O)O)ccc1F. The van der Waals surface area contributed by atoms with E-state index < -0.39 is 11.8 Å². The van der Waals surface area contributed by atoms with Gasteiger partial charge in [0.15, 0.2) is 28.7 Å². The van der Waals surface area contributed by atoms with Crippen LogP contribution in [0.5, 0.6) is 5.75 Å². The number of benzene rings is 1. The van der Waals surface area contributed by atoms with Gasteiger partial charge in [0.05, 0.1) is 7.11 Å². The summed E-state index contributed by atoms with van der Waals surface area (Å²) in [5.74, 6) is -1.04. The molecule has 1 fully saturated rings. The molecule has 1 aromatic carbocycles. The average molecular weight is 391 g/mol. The lowest BCUT2D eigenvalue weighted by Gasteiger charge is -2.31. The summed E-state index contributed by atoms with van der Waals surface area (Å²) in [6.45, 7) is 6.98. The van der Waals surface area contributed by atoms with Crippen LogP contribution in [0.2, 0.25) is 0 Å². The van der Waals surface area contributed by atoms with E-state index in [4.69, 9.17) is 9.26 Å². The Morgan fingerprint density at radius 1 is 1.39 bits per heavy atom. The van der Waals surface area contributed by atoms with Crippen molar-refractivity contribution >= 4 is 11.8 Å². The first kappa shape index (κ1) is 20.1. The zero-order valence-electron chi connectivity index (χ0n) is 16.4. The van der Waals surface area contributed by atoms with Gasteiger partial charge in [-0.1, -0.05) is 19.0 Å². The molecule has 0 saturated carbocycles. The topological polar surface area (TPSA) is 87.8 Å². The van der Waals surface area contributed by atoms with Crippen molar-refractivity contribution in [3.8, 4) is 17.1 Å². The Bertz CT molecular complexity index is 831. The van der Waals surface area contributed by atoms with Crippen LogP contribution in [0.1, 0.15) is 37.0 Å². The highest BCUT2D eigenvalue weighted by Crippen LogP contribution is 2.32. The van der Waals surface area contributed by atoms with Crippen LogP contribution < -0.4 is 10.1 Å². The van der Waals surface area contributed by atoms with E-state index in [0.29, 0.717) is 18.0 Å². The lowest BCUT2D eigenvalue weighted by molar-refractivity contribution is 0.0698. The van der Waals surface area contributed by atoms with E-state index in [1.54, 1.807) is 0 Å². The number of anilines is 1. The van der Waals surface area contributed by atoms with Crippen LogP contribution in [-0.4, -0.2) is 53.9 Å². The van der Waals surface area contributed by atoms with Crippen molar-refractivity contribution in [2.75, 3.05) is 32.1 Å². The van der Waals surface area contributed by atoms with Crippen molar-refractivity contribution < 1.29 is 23.6 Å². The van der Waals surface area contributed by atoms with Crippen LogP contribution in [-0.2, 0) is 0 Å². The van der Waals surface area contributed by atoms with Crippen molar-refractivity contribution in [3.63, 3.8) is 0 Å². The summed E-state index contributed by atoms with van der Waals surface area (Å²) in [5.41, 5.74) is 0.314. The molecule has 1 aliphatic rings. The monoisotopic (exact) mass is 391 g/mol. The van der Waals surface area contributed by atoms with Gasteiger partial charge < -0.3 is 19.7 Å². The maximum absolute atomic E-state index is 13.7. The molecule has 1 aliphatic heterocycles. The van der Waals surface area contributed by atoms with Gasteiger partial charge in [0.1, 0.15) is 0 Å². The fourth-order valence-electron chi connectivity index (χ4n) is 3.67. The zero-order chi connectivity index (χ0) is 20.3. The average Bonchev–Trinajstić information content (AvgIpc) is 3.32. The molecule has 28 heavy (non-hydrogen) atoms. The number of aromatic nitrogens is 1. The number of nitrogens with one attached hydrogen (secondary N) is 1. The molecule has 0 amide bonds. The molecule has 8 heteroatoms. The summed E-state index contributed by atoms with van der Waals surface area (Å²) in [4.78, 5) is 14.3. The molecule has 152 valence electrons. The van der Waals surface area contributed by atoms with E-state index in [9.17, 15) is 14.3 Å². The Hall–Kier alpha value is -2.61. The minimum atomic E-state index is -1.16. The molecule has 1 aromatic heterocycles. The van der Waals surface area contributed by atoms with E-state index >= 15 is 0 Å². The van der Waals surface area contributed by atoms with Crippen LogP contribution in [0.3, 0.4) is 0 Å². The summed E-state index contributed by atoms with van der Waals surface area (Å²) in [7, 11) is 1.35. The number of nitrogens with zero attached hydrogens (tertiary/aromatic N) is 2. The number of carboxylic acid groups (broad SMARTS) is 1. The molecule has 2 heterocycles. The van der Waals surface area contributed by atoms with E-state index in [1.807, 2.05) is 0 Å². The molecule has 1 atom stereocenters. The van der Waals surface area contributed by atoms with Crippen molar-refractivity contribution in [1.82, 2.24) is 10.1 Å². The second kappa shape index (κ2) is 8.60. The fourth-order valence-corrected chi connectivity index (χ4v) is 3.67. The summed E-state index contributed by atoms with van der Waals surface area (Å²) in [6.07, 6.45) is 2.37. The molecular formula is C20H26FN3O4. The number of hydrogen-bond donors (Lipinski definition) is 2. The second-order valence-electron chi connectivity index (χ2n) is 7.33. The van der Waals surface area contributed by atoms with Crippen LogP contribution in [0.4, 0.5) is 10.2 Å². The number of aromatic carboxylic acids is 1. The predicted molar refractivity (Wildman–Crippen MR) is 103 cm³/mol. The molecule has 1 saturated heterocycles. The van der Waals surface area contributed by atoms with Crippen molar-refractivity contribution in [2.24, 2.45) is 5.92 Å². The Balaban J connectivity index is 1.85. The number of carbonyl (C=O) groups is 1. The quantitative estimate of drug-likeness (QED) is 0.709. The Labute approximate surface area is 163 Å². The van der Waals surface area contributed by atoms with E-state index in [1.165, 1.54) is 38.2 Å². The maximum Gasteiger partial charge on any atom is 0.343 e. The Kier molecular flexibility index (Phi) is 6.18. The summed E-state index contributed by atoms with van der Waals surface area (Å²) in [6, 6.07) is 4.32. The minimum absolute atomic E-state index is 0.00801. The smallest absolute Gasteiger partial charge is 0.343 e. The normalized spacial score (nSPS) is 15.8. The molecule has 2 N–H and O–H groups in total. The summed E-state index contributed by atoms with van der Waals surface area (Å²) in [5, 5.41) is 16.8. The number of ether oxygens (including phenoxy) is 1. The molecule has 0 spiro atoms. The van der Waals surface area contributed by atoms with Gasteiger partial charge in [0.25, 0.3) is 0 Å². The Morgan fingerprint density at radius 2 is 2.11 bits per heavy atom. The minimum Gasteiger partial charge on any atom is -0.494 e. The first-order valence-corrected chi connectivity index (χ1v) is 9.47. The van der Waals surface area contributed by atoms with Gasteiger partial charge in [-0.25, -0.2) is 9.18 Å². The van der Waals surface area contributed by atoms with Crippen LogP contribution in [0.25, 0.3) is 11.3 Å².